The molecule has 186 valence electrons. The number of esters is 1. The fourth-order valence-electron chi connectivity index (χ4n) is 6.51. The number of aliphatic hydroxyl groups excluding tert-OH is 1. The quantitative estimate of drug-likeness (QED) is 0.419. The van der Waals surface area contributed by atoms with Gasteiger partial charge in [-0.05, 0) is 49.7 Å². The predicted octanol–water partition coefficient (Wildman–Crippen LogP) is 2.61. The van der Waals surface area contributed by atoms with Gasteiger partial charge in [-0.1, -0.05) is 6.92 Å². The molecule has 2 atom stereocenters. The molecule has 1 aromatic carbocycles. The average molecular weight is 491 g/mol. The highest BCUT2D eigenvalue weighted by molar-refractivity contribution is 5.95. The lowest BCUT2D eigenvalue weighted by Gasteiger charge is -2.31. The molecule has 1 aliphatic carbocycles. The molecule has 3 aliphatic heterocycles. The summed E-state index contributed by atoms with van der Waals surface area (Å²) in [6.07, 6.45) is 3.35. The van der Waals surface area contributed by atoms with Crippen molar-refractivity contribution in [2.24, 2.45) is 0 Å². The Hall–Kier alpha value is -3.43. The second-order valence-electron chi connectivity index (χ2n) is 10.0. The summed E-state index contributed by atoms with van der Waals surface area (Å²) in [6, 6.07) is 3.65. The number of carbonyl (C=O) groups excluding carboxylic acids is 1. The van der Waals surface area contributed by atoms with Crippen molar-refractivity contribution in [3.05, 3.63) is 50.3 Å². The van der Waals surface area contributed by atoms with Crippen LogP contribution in [0.25, 0.3) is 22.3 Å². The first-order chi connectivity index (χ1) is 17.5. The van der Waals surface area contributed by atoms with Gasteiger partial charge >= 0.3 is 5.97 Å². The molecule has 0 amide bonds. The van der Waals surface area contributed by atoms with E-state index in [1.165, 1.54) is 0 Å². The summed E-state index contributed by atoms with van der Waals surface area (Å²) in [6.45, 7) is 2.20. The van der Waals surface area contributed by atoms with Crippen LogP contribution in [0.1, 0.15) is 66.3 Å². The van der Waals surface area contributed by atoms with E-state index in [4.69, 9.17) is 19.2 Å². The number of pyridine rings is 2. The number of carbonyl (C=O) groups is 1. The highest BCUT2D eigenvalue weighted by atomic mass is 16.7. The van der Waals surface area contributed by atoms with Gasteiger partial charge in [0.2, 0.25) is 6.79 Å². The lowest BCUT2D eigenvalue weighted by Crippen LogP contribution is -2.44. The number of hydrogen-bond donors (Lipinski definition) is 2. The van der Waals surface area contributed by atoms with E-state index in [-0.39, 0.29) is 37.9 Å². The molecule has 0 bridgehead atoms. The van der Waals surface area contributed by atoms with E-state index in [1.807, 2.05) is 6.07 Å². The molecule has 4 aliphatic rings. The lowest BCUT2D eigenvalue weighted by atomic mass is 9.77. The van der Waals surface area contributed by atoms with Crippen molar-refractivity contribution < 1.29 is 29.2 Å². The minimum absolute atomic E-state index is 0.0983. The van der Waals surface area contributed by atoms with Crippen molar-refractivity contribution in [2.45, 2.75) is 63.7 Å². The van der Waals surface area contributed by atoms with E-state index in [0.717, 1.165) is 52.6 Å². The molecular formula is C27H26N2O7. The summed E-state index contributed by atoms with van der Waals surface area (Å²) in [5.74, 6) is 0.927. The molecule has 3 aromatic rings. The topological polar surface area (TPSA) is 120 Å². The fraction of sp³-hybridized carbons (Fsp3) is 0.444. The Morgan fingerprint density at radius 2 is 2.03 bits per heavy atom. The summed E-state index contributed by atoms with van der Waals surface area (Å²) in [5, 5.41) is 21.8. The first kappa shape index (κ1) is 21.8. The van der Waals surface area contributed by atoms with Crippen molar-refractivity contribution in [1.82, 2.24) is 9.55 Å². The zero-order valence-corrected chi connectivity index (χ0v) is 19.9. The average Bonchev–Trinajstić information content (AvgIpc) is 3.51. The van der Waals surface area contributed by atoms with Gasteiger partial charge in [-0.15, -0.1) is 0 Å². The fourth-order valence-corrected chi connectivity index (χ4v) is 6.51. The number of aliphatic hydroxyl groups is 2. The second kappa shape index (κ2) is 7.54. The highest BCUT2D eigenvalue weighted by Gasteiger charge is 2.46. The molecule has 2 N–H and O–H groups in total. The van der Waals surface area contributed by atoms with Crippen LogP contribution >= 0.6 is 0 Å². The number of aromatic nitrogens is 2. The van der Waals surface area contributed by atoms with Crippen molar-refractivity contribution in [2.75, 3.05) is 13.4 Å². The van der Waals surface area contributed by atoms with Crippen LogP contribution in [0.3, 0.4) is 0 Å². The maximum absolute atomic E-state index is 13.6. The van der Waals surface area contributed by atoms with E-state index in [9.17, 15) is 19.8 Å². The van der Waals surface area contributed by atoms with Gasteiger partial charge in [0.05, 0.1) is 29.0 Å². The van der Waals surface area contributed by atoms with Gasteiger partial charge < -0.3 is 29.0 Å². The minimum Gasteiger partial charge on any atom is -0.458 e. The van der Waals surface area contributed by atoms with Crippen LogP contribution in [-0.2, 0) is 34.7 Å². The van der Waals surface area contributed by atoms with Crippen LogP contribution in [0.4, 0.5) is 0 Å². The maximum Gasteiger partial charge on any atom is 0.343 e. The van der Waals surface area contributed by atoms with Crippen molar-refractivity contribution in [3.8, 4) is 22.9 Å². The third-order valence-electron chi connectivity index (χ3n) is 8.32. The largest absolute Gasteiger partial charge is 0.458 e. The third kappa shape index (κ3) is 2.70. The summed E-state index contributed by atoms with van der Waals surface area (Å²) in [4.78, 5) is 31.2. The molecule has 36 heavy (non-hydrogen) atoms. The normalized spacial score (nSPS) is 22.9. The van der Waals surface area contributed by atoms with Gasteiger partial charge in [0.1, 0.15) is 6.61 Å². The van der Waals surface area contributed by atoms with E-state index < -0.39 is 11.6 Å². The molecule has 0 saturated carbocycles. The van der Waals surface area contributed by atoms with Crippen LogP contribution in [0, 0.1) is 0 Å². The van der Waals surface area contributed by atoms with Gasteiger partial charge in [0, 0.05) is 34.7 Å². The number of nitrogens with zero attached hydrogens (tertiary/aromatic N) is 2. The number of fused-ring (bicyclic) bond motifs is 7. The Morgan fingerprint density at radius 1 is 1.17 bits per heavy atom. The molecule has 7 rings (SSSR count). The molecule has 0 fully saturated rings. The molecular weight excluding hydrogens is 464 g/mol. The van der Waals surface area contributed by atoms with Crippen molar-refractivity contribution >= 4 is 16.9 Å². The zero-order valence-electron chi connectivity index (χ0n) is 19.9. The monoisotopic (exact) mass is 490 g/mol. The van der Waals surface area contributed by atoms with Crippen LogP contribution in [0.5, 0.6) is 11.5 Å². The third-order valence-corrected chi connectivity index (χ3v) is 8.32. The Balaban J connectivity index is 1.52. The zero-order chi connectivity index (χ0) is 24.8. The molecule has 9 heteroatoms. The van der Waals surface area contributed by atoms with E-state index in [1.54, 1.807) is 17.6 Å². The van der Waals surface area contributed by atoms with Gasteiger partial charge in [-0.3, -0.25) is 4.79 Å². The summed E-state index contributed by atoms with van der Waals surface area (Å²) in [5.41, 5.74) is 3.78. The highest BCUT2D eigenvalue weighted by Crippen LogP contribution is 2.51. The van der Waals surface area contributed by atoms with Crippen LogP contribution < -0.4 is 15.0 Å². The Kier molecular flexibility index (Phi) is 4.57. The molecule has 5 heterocycles. The molecule has 0 radical (unpaired) electrons. The lowest BCUT2D eigenvalue weighted by molar-refractivity contribution is -0.172. The van der Waals surface area contributed by atoms with Gasteiger partial charge in [0.15, 0.2) is 17.1 Å². The van der Waals surface area contributed by atoms with Gasteiger partial charge in [-0.2, -0.15) is 0 Å². The molecule has 0 spiro atoms. The van der Waals surface area contributed by atoms with Crippen molar-refractivity contribution in [1.29, 1.82) is 0 Å². The van der Waals surface area contributed by atoms with Gasteiger partial charge in [0.25, 0.3) is 5.56 Å². The predicted molar refractivity (Wildman–Crippen MR) is 128 cm³/mol. The van der Waals surface area contributed by atoms with E-state index in [2.05, 4.69) is 0 Å². The molecule has 2 aromatic heterocycles. The number of rotatable bonds is 4. The summed E-state index contributed by atoms with van der Waals surface area (Å²) in [7, 11) is 0. The number of ether oxygens (including phenoxy) is 3. The minimum atomic E-state index is -1.86. The number of hydrogen-bond acceptors (Lipinski definition) is 8. The van der Waals surface area contributed by atoms with Crippen LogP contribution in [-0.4, -0.2) is 39.1 Å². The van der Waals surface area contributed by atoms with Gasteiger partial charge in [-0.25, -0.2) is 9.78 Å². The van der Waals surface area contributed by atoms with Crippen LogP contribution in [0.2, 0.25) is 0 Å². The SMILES string of the molecule is CC[C@@]1(O)C(=O)OCc2c1cc1n(c2=O)Cc2c-1nc1cc3c(c4c1c2[C@H](CCCO)CC4)OCO3. The first-order valence-corrected chi connectivity index (χ1v) is 12.5. The van der Waals surface area contributed by atoms with E-state index in [0.29, 0.717) is 41.2 Å². The number of aryl methyl sites for hydroxylation is 1. The van der Waals surface area contributed by atoms with E-state index >= 15 is 0 Å². The summed E-state index contributed by atoms with van der Waals surface area (Å²) >= 11 is 0. The summed E-state index contributed by atoms with van der Waals surface area (Å²) < 4.78 is 18.4. The first-order valence-electron chi connectivity index (χ1n) is 12.5. The Bertz CT molecular complexity index is 1540. The standard InChI is InChI=1S/C27H26N2O7/c1-2-27(33)17-8-19-23-15(10-29(19)25(31)16(17)11-34-26(27)32)21-13(4-3-7-30)5-6-14-22(21)18(28-23)9-20-24(14)36-12-35-20/h8-9,13,30,33H,2-7,10-12H2,1H3/t13-,27+/m1/s1. The van der Waals surface area contributed by atoms with Crippen molar-refractivity contribution in [3.63, 3.8) is 0 Å². The molecule has 9 nitrogen and oxygen atoms in total. The molecule has 0 saturated heterocycles. The smallest absolute Gasteiger partial charge is 0.343 e. The number of benzene rings is 1. The number of cyclic esters (lactones) is 1. The molecule has 0 unspecified atom stereocenters. The second-order valence-corrected chi connectivity index (χ2v) is 10.0. The Labute approximate surface area is 206 Å². The maximum atomic E-state index is 13.6. The van der Waals surface area contributed by atoms with Crippen LogP contribution in [0.15, 0.2) is 16.9 Å². The Morgan fingerprint density at radius 3 is 2.83 bits per heavy atom.